The molecule has 3 rings (SSSR count). The van der Waals surface area contributed by atoms with E-state index in [1.54, 1.807) is 0 Å². The first-order valence-electron chi connectivity index (χ1n) is 7.76. The molecule has 1 aromatic carbocycles. The first-order valence-corrected chi connectivity index (χ1v) is 9.44. The fraction of sp³-hybridized carbons (Fsp3) is 0.529. The molecule has 3 atom stereocenters. The Kier molecular flexibility index (Phi) is 4.99. The summed E-state index contributed by atoms with van der Waals surface area (Å²) < 4.78 is 8.47. The van der Waals surface area contributed by atoms with Crippen molar-refractivity contribution >= 4 is 37.4 Å². The van der Waals surface area contributed by atoms with Crippen molar-refractivity contribution in [2.45, 2.75) is 38.8 Å². The zero-order chi connectivity index (χ0) is 14.8. The molecular formula is C17H22BrNOS. The third-order valence-electron chi connectivity index (χ3n) is 4.43. The molecule has 2 nitrogen and oxygen atoms in total. The van der Waals surface area contributed by atoms with E-state index in [1.807, 2.05) is 11.3 Å². The Balaban J connectivity index is 2.01. The highest BCUT2D eigenvalue weighted by Gasteiger charge is 2.35. The number of thiophene rings is 1. The summed E-state index contributed by atoms with van der Waals surface area (Å²) in [5.74, 6) is 0.576. The van der Waals surface area contributed by atoms with Crippen LogP contribution in [0.3, 0.4) is 0 Å². The zero-order valence-electron chi connectivity index (χ0n) is 12.6. The molecule has 1 saturated heterocycles. The van der Waals surface area contributed by atoms with E-state index in [9.17, 15) is 0 Å². The summed E-state index contributed by atoms with van der Waals surface area (Å²) in [4.78, 5) is 0. The van der Waals surface area contributed by atoms with Gasteiger partial charge in [-0.25, -0.2) is 0 Å². The molecule has 0 bridgehead atoms. The van der Waals surface area contributed by atoms with Crippen LogP contribution in [0.2, 0.25) is 0 Å². The maximum atomic E-state index is 5.93. The number of benzene rings is 1. The lowest BCUT2D eigenvalue weighted by atomic mass is 9.86. The number of rotatable bonds is 5. The van der Waals surface area contributed by atoms with Gasteiger partial charge in [-0.3, -0.25) is 0 Å². The summed E-state index contributed by atoms with van der Waals surface area (Å²) in [6.45, 7) is 6.31. The lowest BCUT2D eigenvalue weighted by Crippen LogP contribution is -2.32. The Bertz CT molecular complexity index is 612. The molecule has 0 spiro atoms. The van der Waals surface area contributed by atoms with E-state index in [0.717, 1.165) is 26.0 Å². The summed E-state index contributed by atoms with van der Waals surface area (Å²) >= 11 is 5.51. The van der Waals surface area contributed by atoms with Crippen molar-refractivity contribution in [2.24, 2.45) is 5.92 Å². The van der Waals surface area contributed by atoms with Crippen LogP contribution < -0.4 is 5.32 Å². The predicted molar refractivity (Wildman–Crippen MR) is 94.1 cm³/mol. The summed E-state index contributed by atoms with van der Waals surface area (Å²) in [6.07, 6.45) is 2.64. The van der Waals surface area contributed by atoms with Gasteiger partial charge in [0.05, 0.1) is 6.10 Å². The Morgan fingerprint density at radius 3 is 3.05 bits per heavy atom. The summed E-state index contributed by atoms with van der Waals surface area (Å²) in [5, 5.41) is 7.42. The van der Waals surface area contributed by atoms with Crippen LogP contribution in [-0.4, -0.2) is 19.3 Å². The quantitative estimate of drug-likeness (QED) is 0.790. The van der Waals surface area contributed by atoms with Crippen molar-refractivity contribution in [3.8, 4) is 0 Å². The topological polar surface area (TPSA) is 21.3 Å². The van der Waals surface area contributed by atoms with Crippen LogP contribution in [0.25, 0.3) is 10.1 Å². The van der Waals surface area contributed by atoms with E-state index in [4.69, 9.17) is 4.74 Å². The highest BCUT2D eigenvalue weighted by atomic mass is 79.9. The number of hydrogen-bond acceptors (Lipinski definition) is 3. The molecule has 3 unspecified atom stereocenters. The lowest BCUT2D eigenvalue weighted by molar-refractivity contribution is 0.0778. The van der Waals surface area contributed by atoms with E-state index < -0.39 is 0 Å². The van der Waals surface area contributed by atoms with Crippen LogP contribution >= 0.6 is 27.3 Å². The van der Waals surface area contributed by atoms with Crippen molar-refractivity contribution in [3.63, 3.8) is 0 Å². The second-order valence-corrected chi connectivity index (χ2v) is 7.35. The van der Waals surface area contributed by atoms with E-state index in [2.05, 4.69) is 58.7 Å². The highest BCUT2D eigenvalue weighted by Crippen LogP contribution is 2.41. The minimum absolute atomic E-state index is 0.385. The standard InChI is InChI=1S/C17H22BrNOS/c1-3-15-12(8-9-20-15)16(19-4-2)13-10-21-17-11(13)6-5-7-14(17)18/h5-7,10,12,15-16,19H,3-4,8-9H2,1-2H3. The summed E-state index contributed by atoms with van der Waals surface area (Å²) in [5.41, 5.74) is 1.44. The molecule has 0 saturated carbocycles. The van der Waals surface area contributed by atoms with Gasteiger partial charge < -0.3 is 10.1 Å². The molecule has 21 heavy (non-hydrogen) atoms. The Morgan fingerprint density at radius 1 is 1.43 bits per heavy atom. The van der Waals surface area contributed by atoms with Gasteiger partial charge in [0.2, 0.25) is 0 Å². The van der Waals surface area contributed by atoms with Gasteiger partial charge in [0.25, 0.3) is 0 Å². The van der Waals surface area contributed by atoms with Gasteiger partial charge in [-0.1, -0.05) is 26.0 Å². The second kappa shape index (κ2) is 6.78. The molecule has 1 aromatic heterocycles. The summed E-state index contributed by atoms with van der Waals surface area (Å²) in [7, 11) is 0. The highest BCUT2D eigenvalue weighted by molar-refractivity contribution is 9.10. The first-order chi connectivity index (χ1) is 10.3. The smallest absolute Gasteiger partial charge is 0.0619 e. The van der Waals surface area contributed by atoms with Crippen LogP contribution in [0.15, 0.2) is 28.1 Å². The molecule has 114 valence electrons. The normalized spacial score (nSPS) is 23.8. The van der Waals surface area contributed by atoms with Gasteiger partial charge in [0, 0.05) is 27.7 Å². The maximum absolute atomic E-state index is 5.93. The fourth-order valence-electron chi connectivity index (χ4n) is 3.46. The third-order valence-corrected chi connectivity index (χ3v) is 6.40. The molecular weight excluding hydrogens is 346 g/mol. The fourth-order valence-corrected chi connectivity index (χ4v) is 5.12. The molecule has 4 heteroatoms. The molecule has 2 heterocycles. The first kappa shape index (κ1) is 15.5. The number of nitrogens with one attached hydrogen (secondary N) is 1. The molecule has 0 radical (unpaired) electrons. The number of hydrogen-bond donors (Lipinski definition) is 1. The molecule has 1 aliphatic rings. The van der Waals surface area contributed by atoms with E-state index in [1.165, 1.54) is 20.1 Å². The molecule has 1 aliphatic heterocycles. The van der Waals surface area contributed by atoms with Gasteiger partial charge in [-0.05, 0) is 57.7 Å². The minimum Gasteiger partial charge on any atom is -0.378 e. The van der Waals surface area contributed by atoms with E-state index >= 15 is 0 Å². The number of ether oxygens (including phenoxy) is 1. The van der Waals surface area contributed by atoms with Crippen LogP contribution in [-0.2, 0) is 4.74 Å². The lowest BCUT2D eigenvalue weighted by Gasteiger charge is -2.28. The molecule has 1 fully saturated rings. The van der Waals surface area contributed by atoms with Crippen molar-refractivity contribution in [1.29, 1.82) is 0 Å². The van der Waals surface area contributed by atoms with E-state index in [-0.39, 0.29) is 0 Å². The molecule has 1 N–H and O–H groups in total. The van der Waals surface area contributed by atoms with Gasteiger partial charge in [0.1, 0.15) is 0 Å². The average Bonchev–Trinajstić information content (AvgIpc) is 3.12. The molecule has 0 amide bonds. The third kappa shape index (κ3) is 2.91. The predicted octanol–water partition coefficient (Wildman–Crippen LogP) is 5.13. The van der Waals surface area contributed by atoms with Crippen LogP contribution in [0, 0.1) is 5.92 Å². The monoisotopic (exact) mass is 367 g/mol. The maximum Gasteiger partial charge on any atom is 0.0619 e. The summed E-state index contributed by atoms with van der Waals surface area (Å²) in [6, 6.07) is 6.89. The van der Waals surface area contributed by atoms with E-state index in [0.29, 0.717) is 18.1 Å². The van der Waals surface area contributed by atoms with Crippen LogP contribution in [0.1, 0.15) is 38.3 Å². The zero-order valence-corrected chi connectivity index (χ0v) is 15.0. The van der Waals surface area contributed by atoms with Crippen LogP contribution in [0.4, 0.5) is 0 Å². The minimum atomic E-state index is 0.385. The molecule has 2 aromatic rings. The van der Waals surface area contributed by atoms with Gasteiger partial charge >= 0.3 is 0 Å². The Labute approximate surface area is 139 Å². The number of fused-ring (bicyclic) bond motifs is 1. The Morgan fingerprint density at radius 2 is 2.29 bits per heavy atom. The van der Waals surface area contributed by atoms with Crippen molar-refractivity contribution in [3.05, 3.63) is 33.6 Å². The van der Waals surface area contributed by atoms with Crippen molar-refractivity contribution in [2.75, 3.05) is 13.2 Å². The molecule has 0 aliphatic carbocycles. The van der Waals surface area contributed by atoms with Crippen molar-refractivity contribution in [1.82, 2.24) is 5.32 Å². The van der Waals surface area contributed by atoms with Gasteiger partial charge in [-0.15, -0.1) is 11.3 Å². The largest absolute Gasteiger partial charge is 0.378 e. The SMILES string of the molecule is CCNC(c1csc2c(Br)cccc12)C1CCOC1CC. The van der Waals surface area contributed by atoms with Crippen molar-refractivity contribution < 1.29 is 4.74 Å². The number of halogens is 1. The van der Waals surface area contributed by atoms with Gasteiger partial charge in [-0.2, -0.15) is 0 Å². The average molecular weight is 368 g/mol. The van der Waals surface area contributed by atoms with Crippen LogP contribution in [0.5, 0.6) is 0 Å². The Hall–Kier alpha value is -0.420. The second-order valence-electron chi connectivity index (χ2n) is 5.61. The van der Waals surface area contributed by atoms with Gasteiger partial charge in [0.15, 0.2) is 0 Å².